The molecule has 1 nitrogen and oxygen atoms in total. The van der Waals surface area contributed by atoms with E-state index in [1.807, 2.05) is 0 Å². The van der Waals surface area contributed by atoms with Crippen molar-refractivity contribution >= 4 is 46.4 Å². The van der Waals surface area contributed by atoms with Crippen molar-refractivity contribution in [3.05, 3.63) is 67.6 Å². The molecule has 102 valence electrons. The van der Waals surface area contributed by atoms with Gasteiger partial charge in [0.15, 0.2) is 0 Å². The fourth-order valence-electron chi connectivity index (χ4n) is 1.96. The van der Waals surface area contributed by atoms with Crippen molar-refractivity contribution in [2.24, 2.45) is 0 Å². The van der Waals surface area contributed by atoms with Crippen molar-refractivity contribution < 1.29 is 0 Å². The van der Waals surface area contributed by atoms with Crippen molar-refractivity contribution in [3.63, 3.8) is 0 Å². The van der Waals surface area contributed by atoms with Crippen LogP contribution in [0.3, 0.4) is 0 Å². The second-order valence-corrected chi connectivity index (χ2v) is 5.91. The van der Waals surface area contributed by atoms with Crippen molar-refractivity contribution in [1.29, 1.82) is 5.26 Å². The van der Waals surface area contributed by atoms with E-state index in [1.54, 1.807) is 36.4 Å². The van der Waals surface area contributed by atoms with Crippen LogP contribution in [-0.4, -0.2) is 0 Å². The Balaban J connectivity index is 2.37. The number of nitrogens with zero attached hydrogens (tertiary/aromatic N) is 1. The van der Waals surface area contributed by atoms with E-state index in [0.29, 0.717) is 32.1 Å². The lowest BCUT2D eigenvalue weighted by Crippen LogP contribution is -2.03. The van der Waals surface area contributed by atoms with Crippen LogP contribution in [0.4, 0.5) is 0 Å². The first kappa shape index (κ1) is 15.5. The lowest BCUT2D eigenvalue weighted by atomic mass is 9.93. The molecule has 0 saturated carbocycles. The first-order valence-corrected chi connectivity index (χ1v) is 7.31. The molecule has 20 heavy (non-hydrogen) atoms. The van der Waals surface area contributed by atoms with Gasteiger partial charge >= 0.3 is 0 Å². The Hall–Kier alpha value is -0.910. The Morgan fingerprint density at radius 2 is 1.60 bits per heavy atom. The third-order valence-corrected chi connectivity index (χ3v) is 4.19. The van der Waals surface area contributed by atoms with Crippen LogP contribution in [0.2, 0.25) is 20.1 Å². The highest BCUT2D eigenvalue weighted by Crippen LogP contribution is 2.34. The molecule has 0 aliphatic carbocycles. The summed E-state index contributed by atoms with van der Waals surface area (Å²) in [4.78, 5) is 0. The lowest BCUT2D eigenvalue weighted by Gasteiger charge is -2.14. The molecule has 2 aromatic rings. The maximum Gasteiger partial charge on any atom is 0.0782 e. The summed E-state index contributed by atoms with van der Waals surface area (Å²) in [7, 11) is 0. The summed E-state index contributed by atoms with van der Waals surface area (Å²) < 4.78 is 0. The maximum absolute atomic E-state index is 9.40. The lowest BCUT2D eigenvalue weighted by molar-refractivity contribution is 0.850. The predicted molar refractivity (Wildman–Crippen MR) is 85.0 cm³/mol. The zero-order valence-electron chi connectivity index (χ0n) is 10.2. The van der Waals surface area contributed by atoms with E-state index in [9.17, 15) is 5.26 Å². The van der Waals surface area contributed by atoms with Crippen LogP contribution >= 0.6 is 46.4 Å². The summed E-state index contributed by atoms with van der Waals surface area (Å²) in [6, 6.07) is 12.6. The normalized spacial score (nSPS) is 11.9. The third-order valence-electron chi connectivity index (χ3n) is 2.94. The van der Waals surface area contributed by atoms with Gasteiger partial charge in [-0.2, -0.15) is 5.26 Å². The summed E-state index contributed by atoms with van der Waals surface area (Å²) in [5.41, 5.74) is 1.46. The fraction of sp³-hybridized carbons (Fsp3) is 0.133. The van der Waals surface area contributed by atoms with E-state index in [-0.39, 0.29) is 0 Å². The van der Waals surface area contributed by atoms with Crippen LogP contribution in [0.1, 0.15) is 17.0 Å². The van der Waals surface area contributed by atoms with Crippen LogP contribution in [0.15, 0.2) is 36.4 Å². The van der Waals surface area contributed by atoms with Crippen molar-refractivity contribution in [3.8, 4) is 6.07 Å². The Kier molecular flexibility index (Phi) is 5.18. The molecule has 0 amide bonds. The molecule has 0 unspecified atom stereocenters. The van der Waals surface area contributed by atoms with Crippen molar-refractivity contribution in [1.82, 2.24) is 0 Å². The minimum Gasteiger partial charge on any atom is -0.198 e. The van der Waals surface area contributed by atoms with E-state index in [4.69, 9.17) is 46.4 Å². The zero-order valence-corrected chi connectivity index (χ0v) is 13.2. The quantitative estimate of drug-likeness (QED) is 0.655. The number of hydrogen-bond acceptors (Lipinski definition) is 1. The van der Waals surface area contributed by atoms with E-state index in [1.165, 1.54) is 0 Å². The van der Waals surface area contributed by atoms with Gasteiger partial charge in [0.1, 0.15) is 0 Å². The molecule has 0 bridgehead atoms. The number of halogens is 4. The molecule has 0 saturated heterocycles. The van der Waals surface area contributed by atoms with Gasteiger partial charge in [-0.15, -0.1) is 0 Å². The summed E-state index contributed by atoms with van der Waals surface area (Å²) in [5, 5.41) is 11.4. The van der Waals surface area contributed by atoms with E-state index in [2.05, 4.69) is 6.07 Å². The SMILES string of the molecule is N#C[C@@H](Cc1ccc(Cl)cc1Cl)c1c(Cl)cccc1Cl. The first-order valence-electron chi connectivity index (χ1n) is 5.80. The minimum atomic E-state index is -0.463. The molecule has 0 aliphatic heterocycles. The van der Waals surface area contributed by atoms with Gasteiger partial charge in [0, 0.05) is 25.7 Å². The molecule has 0 aromatic heterocycles. The summed E-state index contributed by atoms with van der Waals surface area (Å²) in [6.07, 6.45) is 0.427. The number of benzene rings is 2. The Bertz CT molecular complexity index is 656. The van der Waals surface area contributed by atoms with Crippen LogP contribution in [-0.2, 0) is 6.42 Å². The molecule has 0 heterocycles. The molecular weight excluding hydrogens is 336 g/mol. The van der Waals surface area contributed by atoms with Crippen molar-refractivity contribution in [2.75, 3.05) is 0 Å². The predicted octanol–water partition coefficient (Wildman–Crippen LogP) is 6.15. The number of nitriles is 1. The average Bonchev–Trinajstić information content (AvgIpc) is 2.39. The zero-order chi connectivity index (χ0) is 14.7. The molecule has 0 aliphatic rings. The number of hydrogen-bond donors (Lipinski definition) is 0. The van der Waals surface area contributed by atoms with Gasteiger partial charge in [0.25, 0.3) is 0 Å². The molecule has 5 heteroatoms. The van der Waals surface area contributed by atoms with Gasteiger partial charge in [-0.05, 0) is 36.2 Å². The molecule has 2 aromatic carbocycles. The van der Waals surface area contributed by atoms with Gasteiger partial charge in [0.2, 0.25) is 0 Å². The van der Waals surface area contributed by atoms with E-state index in [0.717, 1.165) is 5.56 Å². The molecule has 0 spiro atoms. The third kappa shape index (κ3) is 3.40. The van der Waals surface area contributed by atoms with E-state index >= 15 is 0 Å². The van der Waals surface area contributed by atoms with Gasteiger partial charge < -0.3 is 0 Å². The standard InChI is InChI=1S/C15H9Cl4N/c16-11-5-4-9(14(19)7-11)6-10(8-20)15-12(17)2-1-3-13(15)18/h1-5,7,10H,6H2/t10-/m1/s1. The highest BCUT2D eigenvalue weighted by Gasteiger charge is 2.19. The Morgan fingerprint density at radius 3 is 2.15 bits per heavy atom. The van der Waals surface area contributed by atoms with Crippen LogP contribution in [0.5, 0.6) is 0 Å². The van der Waals surface area contributed by atoms with Gasteiger partial charge in [-0.3, -0.25) is 0 Å². The Morgan fingerprint density at radius 1 is 0.950 bits per heavy atom. The second-order valence-electron chi connectivity index (χ2n) is 4.26. The summed E-state index contributed by atoms with van der Waals surface area (Å²) in [5.74, 6) is -0.463. The van der Waals surface area contributed by atoms with E-state index < -0.39 is 5.92 Å². The second kappa shape index (κ2) is 6.70. The Labute approximate surface area is 137 Å². The molecule has 2 rings (SSSR count). The van der Waals surface area contributed by atoms with Crippen molar-refractivity contribution in [2.45, 2.75) is 12.3 Å². The molecule has 0 N–H and O–H groups in total. The van der Waals surface area contributed by atoms with Gasteiger partial charge in [0.05, 0.1) is 12.0 Å². The maximum atomic E-state index is 9.40. The average molecular weight is 345 g/mol. The number of rotatable bonds is 3. The topological polar surface area (TPSA) is 23.8 Å². The fourth-order valence-corrected chi connectivity index (χ4v) is 3.11. The largest absolute Gasteiger partial charge is 0.198 e. The van der Waals surface area contributed by atoms with Gasteiger partial charge in [-0.25, -0.2) is 0 Å². The summed E-state index contributed by atoms with van der Waals surface area (Å²) in [6.45, 7) is 0. The van der Waals surface area contributed by atoms with Crippen LogP contribution in [0.25, 0.3) is 0 Å². The summed E-state index contributed by atoms with van der Waals surface area (Å²) >= 11 is 24.3. The highest BCUT2D eigenvalue weighted by atomic mass is 35.5. The molecular formula is C15H9Cl4N. The molecule has 0 fully saturated rings. The monoisotopic (exact) mass is 343 g/mol. The molecule has 0 radical (unpaired) electrons. The van der Waals surface area contributed by atoms with Gasteiger partial charge in [-0.1, -0.05) is 58.5 Å². The first-order chi connectivity index (χ1) is 9.52. The van der Waals surface area contributed by atoms with Crippen LogP contribution < -0.4 is 0 Å². The minimum absolute atomic E-state index is 0.427. The highest BCUT2D eigenvalue weighted by molar-refractivity contribution is 6.36. The smallest absolute Gasteiger partial charge is 0.0782 e. The van der Waals surface area contributed by atoms with Crippen LogP contribution in [0, 0.1) is 11.3 Å². The molecule has 1 atom stereocenters.